The number of carbonyl (C=O) groups is 1. The van der Waals surface area contributed by atoms with Crippen LogP contribution in [0.1, 0.15) is 42.7 Å². The third-order valence-electron chi connectivity index (χ3n) is 6.32. The summed E-state index contributed by atoms with van der Waals surface area (Å²) in [5.74, 6) is 1.60. The van der Waals surface area contributed by atoms with Gasteiger partial charge in [-0.25, -0.2) is 0 Å². The van der Waals surface area contributed by atoms with Gasteiger partial charge in [-0.3, -0.25) is 14.7 Å². The molecule has 2 atom stereocenters. The summed E-state index contributed by atoms with van der Waals surface area (Å²) in [5, 5.41) is 0. The summed E-state index contributed by atoms with van der Waals surface area (Å²) < 4.78 is 6.32. The molecule has 2 aromatic rings. The molecule has 3 heterocycles. The molecule has 0 aliphatic carbocycles. The van der Waals surface area contributed by atoms with Gasteiger partial charge in [0.15, 0.2) is 0 Å². The van der Waals surface area contributed by atoms with Gasteiger partial charge in [0.25, 0.3) is 5.91 Å². The number of piperidine rings is 1. The summed E-state index contributed by atoms with van der Waals surface area (Å²) in [7, 11) is 0. The number of aryl methyl sites for hydroxylation is 1. The molecule has 1 aromatic heterocycles. The minimum atomic E-state index is 0.0994. The molecule has 2 saturated heterocycles. The van der Waals surface area contributed by atoms with Crippen molar-refractivity contribution in [3.63, 3.8) is 0 Å². The van der Waals surface area contributed by atoms with Crippen molar-refractivity contribution in [3.05, 3.63) is 59.9 Å². The maximum absolute atomic E-state index is 12.8. The second-order valence-corrected chi connectivity index (χ2v) is 8.57. The van der Waals surface area contributed by atoms with Crippen LogP contribution in [0.3, 0.4) is 0 Å². The van der Waals surface area contributed by atoms with Crippen LogP contribution in [0.5, 0.6) is 5.75 Å². The van der Waals surface area contributed by atoms with Crippen molar-refractivity contribution >= 4 is 5.91 Å². The van der Waals surface area contributed by atoms with Gasteiger partial charge in [-0.05, 0) is 63.8 Å². The van der Waals surface area contributed by atoms with Crippen LogP contribution in [0.15, 0.2) is 48.7 Å². The van der Waals surface area contributed by atoms with E-state index in [2.05, 4.69) is 23.7 Å². The molecule has 0 bridgehead atoms. The number of likely N-dealkylation sites (tertiary alicyclic amines) is 2. The van der Waals surface area contributed by atoms with E-state index in [-0.39, 0.29) is 12.0 Å². The van der Waals surface area contributed by atoms with E-state index in [4.69, 9.17) is 4.74 Å². The highest BCUT2D eigenvalue weighted by atomic mass is 16.5. The van der Waals surface area contributed by atoms with Gasteiger partial charge in [-0.15, -0.1) is 0 Å². The quantitative estimate of drug-likeness (QED) is 0.776. The standard InChI is InChI=1S/C24H31N3O2/c1-17(2)27-16-22(29-21-7-5-4-6-8-21)23(27)19-11-13-26(14-12-19)24(28)20-10-9-18(3)25-15-20/h4-10,15,17,19,22-23H,11-14,16H2,1-3H3. The van der Waals surface area contributed by atoms with Crippen LogP contribution >= 0.6 is 0 Å². The Morgan fingerprint density at radius 1 is 1.10 bits per heavy atom. The van der Waals surface area contributed by atoms with Crippen molar-refractivity contribution in [2.45, 2.75) is 51.8 Å². The summed E-state index contributed by atoms with van der Waals surface area (Å²) >= 11 is 0. The summed E-state index contributed by atoms with van der Waals surface area (Å²) in [6, 6.07) is 14.8. The van der Waals surface area contributed by atoms with E-state index in [1.807, 2.05) is 54.3 Å². The summed E-state index contributed by atoms with van der Waals surface area (Å²) in [6.07, 6.45) is 3.97. The lowest BCUT2D eigenvalue weighted by molar-refractivity contribution is -0.0983. The molecule has 0 spiro atoms. The molecule has 0 N–H and O–H groups in total. The van der Waals surface area contributed by atoms with E-state index in [0.717, 1.165) is 43.9 Å². The average molecular weight is 394 g/mol. The van der Waals surface area contributed by atoms with E-state index in [1.54, 1.807) is 6.20 Å². The maximum Gasteiger partial charge on any atom is 0.255 e. The highest BCUT2D eigenvalue weighted by Crippen LogP contribution is 2.36. The molecular weight excluding hydrogens is 362 g/mol. The number of aromatic nitrogens is 1. The monoisotopic (exact) mass is 393 g/mol. The SMILES string of the molecule is Cc1ccc(C(=O)N2CCC(C3C(Oc4ccccc4)CN3C(C)C)CC2)cn1. The van der Waals surface area contributed by atoms with Crippen LogP contribution in [-0.2, 0) is 0 Å². The third kappa shape index (κ3) is 4.30. The molecule has 2 aliphatic heterocycles. The highest BCUT2D eigenvalue weighted by Gasteiger charge is 2.47. The summed E-state index contributed by atoms with van der Waals surface area (Å²) in [6.45, 7) is 9.04. The fourth-order valence-electron chi connectivity index (χ4n) is 4.64. The number of carbonyl (C=O) groups excluding carboxylic acids is 1. The molecule has 29 heavy (non-hydrogen) atoms. The number of benzene rings is 1. The van der Waals surface area contributed by atoms with Gasteiger partial charge in [0.05, 0.1) is 11.6 Å². The lowest BCUT2D eigenvalue weighted by Crippen LogP contribution is -2.68. The first kappa shape index (κ1) is 19.9. The van der Waals surface area contributed by atoms with Crippen LogP contribution in [-0.4, -0.2) is 58.5 Å². The molecule has 2 aliphatic rings. The fraction of sp³-hybridized carbons (Fsp3) is 0.500. The van der Waals surface area contributed by atoms with Crippen LogP contribution in [0, 0.1) is 12.8 Å². The summed E-state index contributed by atoms with van der Waals surface area (Å²) in [4.78, 5) is 21.6. The summed E-state index contributed by atoms with van der Waals surface area (Å²) in [5.41, 5.74) is 1.62. The topological polar surface area (TPSA) is 45.7 Å². The normalized spacial score (nSPS) is 23.1. The molecule has 0 saturated carbocycles. The van der Waals surface area contributed by atoms with E-state index < -0.39 is 0 Å². The van der Waals surface area contributed by atoms with Crippen LogP contribution in [0.2, 0.25) is 0 Å². The van der Waals surface area contributed by atoms with Crippen molar-refractivity contribution < 1.29 is 9.53 Å². The molecule has 5 nitrogen and oxygen atoms in total. The maximum atomic E-state index is 12.8. The number of hydrogen-bond acceptors (Lipinski definition) is 4. The Bertz CT molecular complexity index is 814. The zero-order chi connectivity index (χ0) is 20.4. The van der Waals surface area contributed by atoms with E-state index >= 15 is 0 Å². The molecule has 2 unspecified atom stereocenters. The van der Waals surface area contributed by atoms with Gasteiger partial charge in [0, 0.05) is 37.6 Å². The van der Waals surface area contributed by atoms with Crippen molar-refractivity contribution in [3.8, 4) is 5.75 Å². The van der Waals surface area contributed by atoms with Gasteiger partial charge in [0.1, 0.15) is 11.9 Å². The molecule has 1 aromatic carbocycles. The first-order valence-electron chi connectivity index (χ1n) is 10.7. The van der Waals surface area contributed by atoms with E-state index in [1.165, 1.54) is 0 Å². The Morgan fingerprint density at radius 2 is 1.83 bits per heavy atom. The largest absolute Gasteiger partial charge is 0.487 e. The highest BCUT2D eigenvalue weighted by molar-refractivity contribution is 5.94. The predicted octanol–water partition coefficient (Wildman–Crippen LogP) is 3.78. The van der Waals surface area contributed by atoms with Crippen LogP contribution in [0.25, 0.3) is 0 Å². The van der Waals surface area contributed by atoms with E-state index in [0.29, 0.717) is 23.6 Å². The Labute approximate surface area is 173 Å². The number of rotatable bonds is 5. The number of para-hydroxylation sites is 1. The van der Waals surface area contributed by atoms with Crippen LogP contribution in [0.4, 0.5) is 0 Å². The first-order valence-corrected chi connectivity index (χ1v) is 10.7. The Kier molecular flexibility index (Phi) is 5.86. The van der Waals surface area contributed by atoms with Gasteiger partial charge >= 0.3 is 0 Å². The van der Waals surface area contributed by atoms with Crippen molar-refractivity contribution in [2.24, 2.45) is 5.92 Å². The number of nitrogens with zero attached hydrogens (tertiary/aromatic N) is 3. The second kappa shape index (κ2) is 8.54. The van der Waals surface area contributed by atoms with Crippen molar-refractivity contribution in [2.75, 3.05) is 19.6 Å². The second-order valence-electron chi connectivity index (χ2n) is 8.57. The molecule has 154 valence electrons. The average Bonchev–Trinajstić information content (AvgIpc) is 2.72. The molecule has 4 rings (SSSR count). The van der Waals surface area contributed by atoms with Crippen molar-refractivity contribution in [1.29, 1.82) is 0 Å². The van der Waals surface area contributed by atoms with Gasteiger partial charge in [-0.2, -0.15) is 0 Å². The third-order valence-corrected chi connectivity index (χ3v) is 6.32. The molecule has 0 radical (unpaired) electrons. The Hall–Kier alpha value is -2.40. The minimum Gasteiger partial charge on any atom is -0.487 e. The molecule has 2 fully saturated rings. The number of pyridine rings is 1. The zero-order valence-corrected chi connectivity index (χ0v) is 17.6. The smallest absolute Gasteiger partial charge is 0.255 e. The number of ether oxygens (including phenoxy) is 1. The van der Waals surface area contributed by atoms with Crippen LogP contribution < -0.4 is 4.74 Å². The predicted molar refractivity (Wildman–Crippen MR) is 114 cm³/mol. The number of hydrogen-bond donors (Lipinski definition) is 0. The number of amides is 1. The minimum absolute atomic E-state index is 0.0994. The van der Waals surface area contributed by atoms with Gasteiger partial charge < -0.3 is 9.64 Å². The van der Waals surface area contributed by atoms with Gasteiger partial charge in [-0.1, -0.05) is 18.2 Å². The Balaban J connectivity index is 1.38. The molecule has 1 amide bonds. The lowest BCUT2D eigenvalue weighted by Gasteiger charge is -2.54. The molecular formula is C24H31N3O2. The lowest BCUT2D eigenvalue weighted by atomic mass is 9.79. The van der Waals surface area contributed by atoms with E-state index in [9.17, 15) is 4.79 Å². The zero-order valence-electron chi connectivity index (χ0n) is 17.6. The van der Waals surface area contributed by atoms with Gasteiger partial charge in [0.2, 0.25) is 0 Å². The fourth-order valence-corrected chi connectivity index (χ4v) is 4.64. The molecule has 5 heteroatoms. The first-order chi connectivity index (χ1) is 14.0. The van der Waals surface area contributed by atoms with Crippen molar-refractivity contribution in [1.82, 2.24) is 14.8 Å². The Morgan fingerprint density at radius 3 is 2.45 bits per heavy atom.